The van der Waals surface area contributed by atoms with Crippen molar-refractivity contribution in [2.45, 2.75) is 6.92 Å². The molecule has 20 heavy (non-hydrogen) atoms. The monoisotopic (exact) mass is 278 g/mol. The van der Waals surface area contributed by atoms with E-state index in [-0.39, 0.29) is 11.4 Å². The highest BCUT2D eigenvalue weighted by atomic mass is 19.1. The molecule has 1 aromatic heterocycles. The number of anilines is 1. The molecule has 0 unspecified atom stereocenters. The third-order valence-corrected chi connectivity index (χ3v) is 2.47. The molecule has 0 atom stereocenters. The van der Waals surface area contributed by atoms with Crippen molar-refractivity contribution in [1.29, 1.82) is 0 Å². The summed E-state index contributed by atoms with van der Waals surface area (Å²) in [5.41, 5.74) is -0.0840. The summed E-state index contributed by atoms with van der Waals surface area (Å²) in [4.78, 5) is 15.9. The zero-order valence-electron chi connectivity index (χ0n) is 10.7. The van der Waals surface area contributed by atoms with Crippen molar-refractivity contribution >= 4 is 11.6 Å². The predicted molar refractivity (Wildman–Crippen MR) is 69.7 cm³/mol. The summed E-state index contributed by atoms with van der Waals surface area (Å²) in [5.74, 6) is -2.03. The second-order valence-corrected chi connectivity index (χ2v) is 3.87. The smallest absolute Gasteiger partial charge is 0.258 e. The Labute approximate surface area is 114 Å². The summed E-state index contributed by atoms with van der Waals surface area (Å²) in [5, 5.41) is 2.45. The van der Waals surface area contributed by atoms with Gasteiger partial charge in [-0.3, -0.25) is 4.79 Å². The molecule has 0 fully saturated rings. The van der Waals surface area contributed by atoms with Gasteiger partial charge in [-0.1, -0.05) is 0 Å². The minimum Gasteiger partial charge on any atom is -0.476 e. The van der Waals surface area contributed by atoms with Gasteiger partial charge >= 0.3 is 0 Å². The molecule has 1 amide bonds. The Morgan fingerprint density at radius 2 is 2.15 bits per heavy atom. The SMILES string of the molecule is CCOc1ncccc1NC(=O)c1cc(F)ccc1F. The van der Waals surface area contributed by atoms with Crippen LogP contribution >= 0.6 is 0 Å². The maximum absolute atomic E-state index is 13.5. The summed E-state index contributed by atoms with van der Waals surface area (Å²) in [6.07, 6.45) is 1.50. The quantitative estimate of drug-likeness (QED) is 0.935. The van der Waals surface area contributed by atoms with Crippen LogP contribution in [-0.2, 0) is 0 Å². The number of halogens is 2. The largest absolute Gasteiger partial charge is 0.476 e. The number of amides is 1. The summed E-state index contributed by atoms with van der Waals surface area (Å²) >= 11 is 0. The van der Waals surface area contributed by atoms with Crippen LogP contribution in [-0.4, -0.2) is 17.5 Å². The number of nitrogens with one attached hydrogen (secondary N) is 1. The molecule has 0 aliphatic heterocycles. The van der Waals surface area contributed by atoms with Gasteiger partial charge in [0.2, 0.25) is 5.88 Å². The first kappa shape index (κ1) is 13.9. The molecule has 0 saturated heterocycles. The highest BCUT2D eigenvalue weighted by Gasteiger charge is 2.15. The van der Waals surface area contributed by atoms with Crippen LogP contribution in [0, 0.1) is 11.6 Å². The van der Waals surface area contributed by atoms with Gasteiger partial charge in [0.15, 0.2) is 0 Å². The van der Waals surface area contributed by atoms with E-state index in [4.69, 9.17) is 4.74 Å². The number of ether oxygens (including phenoxy) is 1. The zero-order valence-corrected chi connectivity index (χ0v) is 10.7. The Morgan fingerprint density at radius 1 is 1.35 bits per heavy atom. The number of hydrogen-bond donors (Lipinski definition) is 1. The van der Waals surface area contributed by atoms with Crippen molar-refractivity contribution in [3.05, 3.63) is 53.7 Å². The minimum atomic E-state index is -0.800. The molecule has 1 aromatic carbocycles. The number of aromatic nitrogens is 1. The molecule has 0 radical (unpaired) electrons. The number of pyridine rings is 1. The van der Waals surface area contributed by atoms with E-state index < -0.39 is 17.5 Å². The van der Waals surface area contributed by atoms with E-state index in [9.17, 15) is 13.6 Å². The van der Waals surface area contributed by atoms with Gasteiger partial charge < -0.3 is 10.1 Å². The molecule has 1 heterocycles. The summed E-state index contributed by atoms with van der Waals surface area (Å²) < 4.78 is 31.8. The fourth-order valence-electron chi connectivity index (χ4n) is 1.60. The van der Waals surface area contributed by atoms with Gasteiger partial charge in [0.1, 0.15) is 17.3 Å². The van der Waals surface area contributed by atoms with Crippen molar-refractivity contribution in [3.8, 4) is 5.88 Å². The van der Waals surface area contributed by atoms with Gasteiger partial charge in [0.05, 0.1) is 12.2 Å². The molecule has 2 rings (SSSR count). The molecule has 0 bridgehead atoms. The number of nitrogens with zero attached hydrogens (tertiary/aromatic N) is 1. The van der Waals surface area contributed by atoms with Crippen LogP contribution in [0.5, 0.6) is 5.88 Å². The first-order chi connectivity index (χ1) is 9.61. The van der Waals surface area contributed by atoms with E-state index in [1.807, 2.05) is 0 Å². The van der Waals surface area contributed by atoms with E-state index in [2.05, 4.69) is 10.3 Å². The van der Waals surface area contributed by atoms with Crippen LogP contribution in [0.15, 0.2) is 36.5 Å². The Kier molecular flexibility index (Phi) is 4.24. The lowest BCUT2D eigenvalue weighted by Crippen LogP contribution is -2.15. The average molecular weight is 278 g/mol. The maximum Gasteiger partial charge on any atom is 0.258 e. The molecule has 6 heteroatoms. The molecule has 0 aliphatic carbocycles. The Hall–Kier alpha value is -2.50. The highest BCUT2D eigenvalue weighted by molar-refractivity contribution is 6.05. The van der Waals surface area contributed by atoms with Crippen LogP contribution in [0.4, 0.5) is 14.5 Å². The van der Waals surface area contributed by atoms with Gasteiger partial charge in [-0.2, -0.15) is 0 Å². The summed E-state index contributed by atoms with van der Waals surface area (Å²) in [7, 11) is 0. The lowest BCUT2D eigenvalue weighted by atomic mass is 10.2. The fraction of sp³-hybridized carbons (Fsp3) is 0.143. The molecule has 104 valence electrons. The number of benzene rings is 1. The van der Waals surface area contributed by atoms with Gasteiger partial charge in [-0.25, -0.2) is 13.8 Å². The van der Waals surface area contributed by atoms with Crippen molar-refractivity contribution in [1.82, 2.24) is 4.98 Å². The number of rotatable bonds is 4. The van der Waals surface area contributed by atoms with Crippen LogP contribution in [0.2, 0.25) is 0 Å². The van der Waals surface area contributed by atoms with E-state index in [0.29, 0.717) is 12.3 Å². The van der Waals surface area contributed by atoms with Crippen LogP contribution < -0.4 is 10.1 Å². The van der Waals surface area contributed by atoms with Crippen molar-refractivity contribution in [3.63, 3.8) is 0 Å². The normalized spacial score (nSPS) is 10.2. The number of carbonyl (C=O) groups is 1. The van der Waals surface area contributed by atoms with Gasteiger partial charge in [0.25, 0.3) is 5.91 Å². The first-order valence-electron chi connectivity index (χ1n) is 5.96. The summed E-state index contributed by atoms with van der Waals surface area (Å²) in [6, 6.07) is 5.84. The van der Waals surface area contributed by atoms with Gasteiger partial charge in [-0.05, 0) is 37.3 Å². The third-order valence-electron chi connectivity index (χ3n) is 2.47. The zero-order chi connectivity index (χ0) is 14.5. The molecular weight excluding hydrogens is 266 g/mol. The summed E-state index contributed by atoms with van der Waals surface area (Å²) in [6.45, 7) is 2.14. The Balaban J connectivity index is 2.26. The lowest BCUT2D eigenvalue weighted by molar-refractivity contribution is 0.102. The van der Waals surface area contributed by atoms with E-state index in [1.54, 1.807) is 19.1 Å². The molecule has 1 N–H and O–H groups in total. The van der Waals surface area contributed by atoms with E-state index >= 15 is 0 Å². The average Bonchev–Trinajstić information content (AvgIpc) is 2.44. The number of carbonyl (C=O) groups excluding carboxylic acids is 1. The predicted octanol–water partition coefficient (Wildman–Crippen LogP) is 3.01. The fourth-order valence-corrected chi connectivity index (χ4v) is 1.60. The molecule has 0 spiro atoms. The molecule has 2 aromatic rings. The van der Waals surface area contributed by atoms with Crippen LogP contribution in [0.1, 0.15) is 17.3 Å². The third kappa shape index (κ3) is 3.09. The first-order valence-corrected chi connectivity index (χ1v) is 5.96. The van der Waals surface area contributed by atoms with Crippen molar-refractivity contribution in [2.24, 2.45) is 0 Å². The van der Waals surface area contributed by atoms with E-state index in [1.165, 1.54) is 6.20 Å². The number of hydrogen-bond acceptors (Lipinski definition) is 3. The van der Waals surface area contributed by atoms with Gasteiger partial charge in [-0.15, -0.1) is 0 Å². The Bertz CT molecular complexity index is 632. The highest BCUT2D eigenvalue weighted by Crippen LogP contribution is 2.22. The van der Waals surface area contributed by atoms with Crippen LogP contribution in [0.3, 0.4) is 0 Å². The maximum atomic E-state index is 13.5. The molecule has 4 nitrogen and oxygen atoms in total. The Morgan fingerprint density at radius 3 is 2.90 bits per heavy atom. The van der Waals surface area contributed by atoms with E-state index in [0.717, 1.165) is 18.2 Å². The molecule has 0 saturated carbocycles. The van der Waals surface area contributed by atoms with Crippen molar-refractivity contribution < 1.29 is 18.3 Å². The second kappa shape index (κ2) is 6.10. The second-order valence-electron chi connectivity index (χ2n) is 3.87. The molecule has 0 aliphatic rings. The lowest BCUT2D eigenvalue weighted by Gasteiger charge is -2.10. The van der Waals surface area contributed by atoms with Crippen molar-refractivity contribution in [2.75, 3.05) is 11.9 Å². The molecular formula is C14H12F2N2O2. The topological polar surface area (TPSA) is 51.2 Å². The minimum absolute atomic E-state index is 0.222. The van der Waals surface area contributed by atoms with Gasteiger partial charge in [0, 0.05) is 6.20 Å². The standard InChI is InChI=1S/C14H12F2N2O2/c1-2-20-14-12(4-3-7-17-14)18-13(19)10-8-9(15)5-6-11(10)16/h3-8H,2H2,1H3,(H,18,19). The van der Waals surface area contributed by atoms with Crippen LogP contribution in [0.25, 0.3) is 0 Å².